The quantitative estimate of drug-likeness (QED) is 0.646. The molecule has 0 saturated heterocycles. The molecule has 1 unspecified atom stereocenters. The summed E-state index contributed by atoms with van der Waals surface area (Å²) >= 11 is 0. The van der Waals surface area contributed by atoms with Gasteiger partial charge in [-0.1, -0.05) is 17.3 Å². The lowest BCUT2D eigenvalue weighted by Gasteiger charge is -2.04. The molecular formula is C12H12N2O5. The van der Waals surface area contributed by atoms with Gasteiger partial charge in [0.05, 0.1) is 10.6 Å². The van der Waals surface area contributed by atoms with Crippen molar-refractivity contribution in [1.29, 1.82) is 0 Å². The van der Waals surface area contributed by atoms with Crippen LogP contribution < -0.4 is 0 Å². The topological polar surface area (TPSA) is 102 Å². The molecule has 0 bridgehead atoms. The zero-order chi connectivity index (χ0) is 13.8. The summed E-state index contributed by atoms with van der Waals surface area (Å²) in [4.78, 5) is 25.8. The fourth-order valence-electron chi connectivity index (χ4n) is 1.84. The summed E-state index contributed by atoms with van der Waals surface area (Å²) in [7, 11) is 0. The molecule has 19 heavy (non-hydrogen) atoms. The monoisotopic (exact) mass is 264 g/mol. The smallest absolute Gasteiger partial charge is 0.303 e. The standard InChI is InChI=1S/C12H12N2O5/c15-12(16)5-4-10-7-11(13-19-10)8-2-1-3-9(6-8)14(17)18/h1-3,6,10H,4-5,7H2,(H,15,16). The molecule has 1 aliphatic heterocycles. The molecule has 1 aromatic carbocycles. The van der Waals surface area contributed by atoms with Crippen molar-refractivity contribution >= 4 is 17.4 Å². The molecule has 2 rings (SSSR count). The van der Waals surface area contributed by atoms with Crippen molar-refractivity contribution in [2.45, 2.75) is 25.4 Å². The maximum atomic E-state index is 10.7. The largest absolute Gasteiger partial charge is 0.481 e. The van der Waals surface area contributed by atoms with E-state index in [1.54, 1.807) is 12.1 Å². The number of oxime groups is 1. The summed E-state index contributed by atoms with van der Waals surface area (Å²) in [5.74, 6) is -0.882. The Labute approximate surface area is 108 Å². The molecule has 0 saturated carbocycles. The van der Waals surface area contributed by atoms with Crippen LogP contribution >= 0.6 is 0 Å². The average Bonchev–Trinajstić information content (AvgIpc) is 2.85. The van der Waals surface area contributed by atoms with Gasteiger partial charge >= 0.3 is 5.97 Å². The fraction of sp³-hybridized carbons (Fsp3) is 0.333. The normalized spacial score (nSPS) is 17.7. The van der Waals surface area contributed by atoms with Gasteiger partial charge in [0.15, 0.2) is 0 Å². The van der Waals surface area contributed by atoms with Crippen molar-refractivity contribution < 1.29 is 19.7 Å². The van der Waals surface area contributed by atoms with Crippen LogP contribution in [0.5, 0.6) is 0 Å². The number of hydrogen-bond acceptors (Lipinski definition) is 5. The number of carboxylic acid groups (broad SMARTS) is 1. The lowest BCUT2D eigenvalue weighted by Crippen LogP contribution is -2.10. The van der Waals surface area contributed by atoms with E-state index in [0.29, 0.717) is 24.1 Å². The van der Waals surface area contributed by atoms with Crippen LogP contribution in [0.25, 0.3) is 0 Å². The predicted octanol–water partition coefficient (Wildman–Crippen LogP) is 1.95. The molecule has 0 fully saturated rings. The van der Waals surface area contributed by atoms with E-state index in [-0.39, 0.29) is 18.2 Å². The number of nitrogens with zero attached hydrogens (tertiary/aromatic N) is 2. The Morgan fingerprint density at radius 2 is 2.37 bits per heavy atom. The highest BCUT2D eigenvalue weighted by molar-refractivity contribution is 6.01. The number of aliphatic carboxylic acids is 1. The second-order valence-electron chi connectivity index (χ2n) is 4.21. The van der Waals surface area contributed by atoms with Crippen LogP contribution in [0.3, 0.4) is 0 Å². The van der Waals surface area contributed by atoms with Crippen molar-refractivity contribution in [2.75, 3.05) is 0 Å². The first-order valence-electron chi connectivity index (χ1n) is 5.75. The van der Waals surface area contributed by atoms with Crippen LogP contribution in [0.4, 0.5) is 5.69 Å². The molecule has 1 N–H and O–H groups in total. The van der Waals surface area contributed by atoms with Gasteiger partial charge in [0, 0.05) is 30.5 Å². The van der Waals surface area contributed by atoms with Gasteiger partial charge < -0.3 is 9.94 Å². The van der Waals surface area contributed by atoms with Gasteiger partial charge in [-0.3, -0.25) is 14.9 Å². The first-order chi connectivity index (χ1) is 9.06. The third-order valence-electron chi connectivity index (χ3n) is 2.80. The molecule has 1 aromatic rings. The number of non-ortho nitro benzene ring substituents is 1. The zero-order valence-electron chi connectivity index (χ0n) is 9.98. The van der Waals surface area contributed by atoms with Crippen molar-refractivity contribution in [3.05, 3.63) is 39.9 Å². The Bertz CT molecular complexity index is 541. The van der Waals surface area contributed by atoms with Crippen LogP contribution in [-0.2, 0) is 9.63 Å². The second-order valence-corrected chi connectivity index (χ2v) is 4.21. The van der Waals surface area contributed by atoms with Gasteiger partial charge in [-0.15, -0.1) is 0 Å². The molecule has 1 aliphatic rings. The summed E-state index contributed by atoms with van der Waals surface area (Å²) in [6.07, 6.45) is 0.582. The Morgan fingerprint density at radius 1 is 1.58 bits per heavy atom. The minimum Gasteiger partial charge on any atom is -0.481 e. The Kier molecular flexibility index (Phi) is 3.74. The lowest BCUT2D eigenvalue weighted by atomic mass is 10.0. The highest BCUT2D eigenvalue weighted by Crippen LogP contribution is 2.22. The number of nitro benzene ring substituents is 1. The number of carbonyl (C=O) groups is 1. The van der Waals surface area contributed by atoms with Crippen molar-refractivity contribution in [3.8, 4) is 0 Å². The molecule has 0 aliphatic carbocycles. The third-order valence-corrected chi connectivity index (χ3v) is 2.80. The van der Waals surface area contributed by atoms with E-state index in [1.807, 2.05) is 0 Å². The predicted molar refractivity (Wildman–Crippen MR) is 66.0 cm³/mol. The first-order valence-corrected chi connectivity index (χ1v) is 5.75. The van der Waals surface area contributed by atoms with Crippen molar-refractivity contribution in [2.24, 2.45) is 5.16 Å². The van der Waals surface area contributed by atoms with E-state index >= 15 is 0 Å². The van der Waals surface area contributed by atoms with E-state index in [4.69, 9.17) is 9.94 Å². The van der Waals surface area contributed by atoms with Crippen LogP contribution in [-0.4, -0.2) is 27.8 Å². The van der Waals surface area contributed by atoms with E-state index in [1.165, 1.54) is 12.1 Å². The summed E-state index contributed by atoms with van der Waals surface area (Å²) in [5.41, 5.74) is 1.24. The minimum atomic E-state index is -0.882. The van der Waals surface area contributed by atoms with Crippen molar-refractivity contribution in [3.63, 3.8) is 0 Å². The maximum absolute atomic E-state index is 10.7. The molecule has 1 heterocycles. The zero-order valence-corrected chi connectivity index (χ0v) is 9.98. The van der Waals surface area contributed by atoms with Crippen LogP contribution in [0.2, 0.25) is 0 Å². The molecule has 7 heteroatoms. The third kappa shape index (κ3) is 3.27. The Balaban J connectivity index is 2.02. The molecular weight excluding hydrogens is 252 g/mol. The molecule has 100 valence electrons. The van der Waals surface area contributed by atoms with Crippen LogP contribution in [0, 0.1) is 10.1 Å². The molecule has 1 atom stereocenters. The number of carboxylic acids is 1. The minimum absolute atomic E-state index is 0.00538. The molecule has 0 radical (unpaired) electrons. The number of benzene rings is 1. The number of nitro groups is 1. The summed E-state index contributed by atoms with van der Waals surface area (Å²) in [5, 5.41) is 23.1. The van der Waals surface area contributed by atoms with Gasteiger partial charge in [0.25, 0.3) is 5.69 Å². The van der Waals surface area contributed by atoms with E-state index < -0.39 is 10.9 Å². The van der Waals surface area contributed by atoms with E-state index in [9.17, 15) is 14.9 Å². The van der Waals surface area contributed by atoms with E-state index in [2.05, 4.69) is 5.16 Å². The molecule has 0 aromatic heterocycles. The average molecular weight is 264 g/mol. The van der Waals surface area contributed by atoms with Gasteiger partial charge in [-0.05, 0) is 6.42 Å². The summed E-state index contributed by atoms with van der Waals surface area (Å²) in [6, 6.07) is 6.14. The van der Waals surface area contributed by atoms with Gasteiger partial charge in [0.1, 0.15) is 6.10 Å². The van der Waals surface area contributed by atoms with Crippen molar-refractivity contribution in [1.82, 2.24) is 0 Å². The first kappa shape index (κ1) is 13.0. The molecule has 7 nitrogen and oxygen atoms in total. The molecule has 0 amide bonds. The van der Waals surface area contributed by atoms with E-state index in [0.717, 1.165) is 0 Å². The molecule has 0 spiro atoms. The van der Waals surface area contributed by atoms with Crippen LogP contribution in [0.1, 0.15) is 24.8 Å². The van der Waals surface area contributed by atoms with Gasteiger partial charge in [0.2, 0.25) is 0 Å². The Morgan fingerprint density at radius 3 is 3.05 bits per heavy atom. The highest BCUT2D eigenvalue weighted by atomic mass is 16.6. The second kappa shape index (κ2) is 5.47. The Hall–Kier alpha value is -2.44. The maximum Gasteiger partial charge on any atom is 0.303 e. The SMILES string of the molecule is O=C(O)CCC1CC(c2cccc([N+](=O)[O-])c2)=NO1. The highest BCUT2D eigenvalue weighted by Gasteiger charge is 2.23. The van der Waals surface area contributed by atoms with Crippen LogP contribution in [0.15, 0.2) is 29.4 Å². The van der Waals surface area contributed by atoms with Gasteiger partial charge in [-0.2, -0.15) is 0 Å². The number of rotatable bonds is 5. The summed E-state index contributed by atoms with van der Waals surface area (Å²) < 4.78 is 0. The fourth-order valence-corrected chi connectivity index (χ4v) is 1.84. The van der Waals surface area contributed by atoms with Gasteiger partial charge in [-0.25, -0.2) is 0 Å². The summed E-state index contributed by atoms with van der Waals surface area (Å²) in [6.45, 7) is 0. The number of hydrogen-bond donors (Lipinski definition) is 1. The lowest BCUT2D eigenvalue weighted by molar-refractivity contribution is -0.384.